The van der Waals surface area contributed by atoms with Crippen LogP contribution >= 0.6 is 0 Å². The third-order valence-electron chi connectivity index (χ3n) is 2.67. The Kier molecular flexibility index (Phi) is 2.39. The van der Waals surface area contributed by atoms with Crippen molar-refractivity contribution in [3.8, 4) is 0 Å². The van der Waals surface area contributed by atoms with E-state index in [4.69, 9.17) is 10.8 Å². The van der Waals surface area contributed by atoms with E-state index >= 15 is 0 Å². The van der Waals surface area contributed by atoms with Crippen molar-refractivity contribution < 1.29 is 19.2 Å². The molecule has 1 amide bonds. The van der Waals surface area contributed by atoms with Crippen LogP contribution in [0.1, 0.15) is 16.9 Å². The second-order valence-corrected chi connectivity index (χ2v) is 3.82. The van der Waals surface area contributed by atoms with Gasteiger partial charge in [-0.2, -0.15) is 0 Å². The van der Waals surface area contributed by atoms with Gasteiger partial charge in [-0.3, -0.25) is 9.59 Å². The highest BCUT2D eigenvalue weighted by atomic mass is 16.5. The summed E-state index contributed by atoms with van der Waals surface area (Å²) in [6.45, 7) is 0.308. The highest BCUT2D eigenvalue weighted by Gasteiger charge is 2.43. The van der Waals surface area contributed by atoms with Gasteiger partial charge < -0.3 is 20.3 Å². The van der Waals surface area contributed by atoms with Crippen molar-refractivity contribution in [2.75, 3.05) is 13.1 Å². The SMILES string of the molecule is NC1(C(=O)O)CCN(C(=O)c2ccon2)C1. The van der Waals surface area contributed by atoms with Crippen molar-refractivity contribution in [2.45, 2.75) is 12.0 Å². The quantitative estimate of drug-likeness (QED) is 0.688. The van der Waals surface area contributed by atoms with Crippen LogP contribution in [0.5, 0.6) is 0 Å². The number of carbonyl (C=O) groups is 2. The number of hydrogen-bond acceptors (Lipinski definition) is 5. The largest absolute Gasteiger partial charge is 0.480 e. The molecule has 1 fully saturated rings. The van der Waals surface area contributed by atoms with Gasteiger partial charge in [-0.1, -0.05) is 5.16 Å². The Labute approximate surface area is 90.8 Å². The normalized spacial score (nSPS) is 24.7. The highest BCUT2D eigenvalue weighted by molar-refractivity contribution is 5.93. The van der Waals surface area contributed by atoms with E-state index in [2.05, 4.69) is 9.68 Å². The molecule has 1 aliphatic heterocycles. The van der Waals surface area contributed by atoms with Crippen LogP contribution in [0.3, 0.4) is 0 Å². The number of nitrogens with zero attached hydrogens (tertiary/aromatic N) is 2. The first-order valence-corrected chi connectivity index (χ1v) is 4.75. The average molecular weight is 225 g/mol. The van der Waals surface area contributed by atoms with Gasteiger partial charge in [-0.25, -0.2) is 0 Å². The van der Waals surface area contributed by atoms with Gasteiger partial charge in [0.2, 0.25) is 0 Å². The zero-order chi connectivity index (χ0) is 11.8. The van der Waals surface area contributed by atoms with Gasteiger partial charge in [0.25, 0.3) is 5.91 Å². The van der Waals surface area contributed by atoms with Gasteiger partial charge in [0, 0.05) is 19.2 Å². The molecule has 1 aromatic rings. The molecule has 1 aromatic heterocycles. The molecule has 0 aliphatic carbocycles. The number of hydrogen-bond donors (Lipinski definition) is 2. The Hall–Kier alpha value is -1.89. The predicted octanol–water partition coefficient (Wildman–Crippen LogP) is -0.697. The third kappa shape index (κ3) is 1.65. The summed E-state index contributed by atoms with van der Waals surface area (Å²) in [7, 11) is 0. The predicted molar refractivity (Wildman–Crippen MR) is 51.6 cm³/mol. The van der Waals surface area contributed by atoms with Crippen LogP contribution in [0.2, 0.25) is 0 Å². The Balaban J connectivity index is 2.10. The van der Waals surface area contributed by atoms with Gasteiger partial charge in [0.1, 0.15) is 11.8 Å². The average Bonchev–Trinajstić information content (AvgIpc) is 2.85. The van der Waals surface area contributed by atoms with Crippen LogP contribution in [0.15, 0.2) is 16.9 Å². The molecule has 0 saturated carbocycles. The molecule has 0 radical (unpaired) electrons. The van der Waals surface area contributed by atoms with Gasteiger partial charge >= 0.3 is 5.97 Å². The minimum absolute atomic E-state index is 0.00593. The molecule has 0 spiro atoms. The number of aliphatic carboxylic acids is 1. The second kappa shape index (κ2) is 3.60. The molecule has 1 unspecified atom stereocenters. The van der Waals surface area contributed by atoms with Gasteiger partial charge in [0.05, 0.1) is 0 Å². The Morgan fingerprint density at radius 2 is 2.38 bits per heavy atom. The first kappa shape index (κ1) is 10.6. The number of carboxylic acids is 1. The summed E-state index contributed by atoms with van der Waals surface area (Å²) in [6, 6.07) is 1.43. The van der Waals surface area contributed by atoms with Crippen molar-refractivity contribution in [1.29, 1.82) is 0 Å². The van der Waals surface area contributed by atoms with E-state index in [0.717, 1.165) is 0 Å². The fourth-order valence-electron chi connectivity index (χ4n) is 1.67. The fraction of sp³-hybridized carbons (Fsp3) is 0.444. The molecule has 7 nitrogen and oxygen atoms in total. The molecule has 1 atom stereocenters. The zero-order valence-electron chi connectivity index (χ0n) is 8.42. The molecule has 0 bridgehead atoms. The lowest BCUT2D eigenvalue weighted by Gasteiger charge is -2.19. The molecule has 0 aromatic carbocycles. The van der Waals surface area contributed by atoms with Crippen molar-refractivity contribution in [3.63, 3.8) is 0 Å². The zero-order valence-corrected chi connectivity index (χ0v) is 8.42. The molecule has 7 heteroatoms. The van der Waals surface area contributed by atoms with Crippen LogP contribution < -0.4 is 5.73 Å². The first-order valence-electron chi connectivity index (χ1n) is 4.75. The molecule has 1 saturated heterocycles. The minimum Gasteiger partial charge on any atom is -0.480 e. The molecule has 1 aliphatic rings. The van der Waals surface area contributed by atoms with E-state index in [-0.39, 0.29) is 24.6 Å². The van der Waals surface area contributed by atoms with E-state index in [9.17, 15) is 9.59 Å². The lowest BCUT2D eigenvalue weighted by atomic mass is 10.0. The molecule has 3 N–H and O–H groups in total. The monoisotopic (exact) mass is 225 g/mol. The molecular formula is C9H11N3O4. The number of carbonyl (C=O) groups excluding carboxylic acids is 1. The molecule has 86 valence electrons. The fourth-order valence-corrected chi connectivity index (χ4v) is 1.67. The molecule has 16 heavy (non-hydrogen) atoms. The second-order valence-electron chi connectivity index (χ2n) is 3.82. The van der Waals surface area contributed by atoms with Crippen molar-refractivity contribution in [2.24, 2.45) is 5.73 Å². The van der Waals surface area contributed by atoms with Crippen LogP contribution in [-0.2, 0) is 4.79 Å². The van der Waals surface area contributed by atoms with Crippen molar-refractivity contribution in [1.82, 2.24) is 10.1 Å². The van der Waals surface area contributed by atoms with Crippen molar-refractivity contribution in [3.05, 3.63) is 18.0 Å². The van der Waals surface area contributed by atoms with E-state index in [0.29, 0.717) is 6.54 Å². The third-order valence-corrected chi connectivity index (χ3v) is 2.67. The van der Waals surface area contributed by atoms with Crippen LogP contribution in [0, 0.1) is 0 Å². The molecule has 2 rings (SSSR count). The molecule has 2 heterocycles. The maximum atomic E-state index is 11.8. The van der Waals surface area contributed by atoms with Crippen LogP contribution in [0.25, 0.3) is 0 Å². The Morgan fingerprint density at radius 3 is 2.88 bits per heavy atom. The summed E-state index contributed by atoms with van der Waals surface area (Å²) < 4.78 is 4.55. The number of amides is 1. The van der Waals surface area contributed by atoms with E-state index < -0.39 is 11.5 Å². The first-order chi connectivity index (χ1) is 7.53. The molecular weight excluding hydrogens is 214 g/mol. The summed E-state index contributed by atoms with van der Waals surface area (Å²) in [4.78, 5) is 24.0. The number of rotatable bonds is 2. The standard InChI is InChI=1S/C9H11N3O4/c10-9(8(14)15)2-3-12(5-9)7(13)6-1-4-16-11-6/h1,4H,2-3,5,10H2,(H,14,15). The summed E-state index contributed by atoms with van der Waals surface area (Å²) >= 11 is 0. The minimum atomic E-state index is -1.35. The van der Waals surface area contributed by atoms with Gasteiger partial charge in [0.15, 0.2) is 5.69 Å². The van der Waals surface area contributed by atoms with Gasteiger partial charge in [-0.05, 0) is 6.42 Å². The smallest absolute Gasteiger partial charge is 0.325 e. The van der Waals surface area contributed by atoms with E-state index in [1.54, 1.807) is 0 Å². The number of likely N-dealkylation sites (tertiary alicyclic amines) is 1. The Morgan fingerprint density at radius 1 is 1.62 bits per heavy atom. The summed E-state index contributed by atoms with van der Waals surface area (Å²) in [5.74, 6) is -1.45. The van der Waals surface area contributed by atoms with E-state index in [1.165, 1.54) is 17.2 Å². The van der Waals surface area contributed by atoms with E-state index in [1.807, 2.05) is 0 Å². The summed E-state index contributed by atoms with van der Waals surface area (Å²) in [6.07, 6.45) is 1.53. The number of aromatic nitrogens is 1. The van der Waals surface area contributed by atoms with Crippen molar-refractivity contribution >= 4 is 11.9 Å². The maximum absolute atomic E-state index is 11.8. The maximum Gasteiger partial charge on any atom is 0.325 e. The lowest BCUT2D eigenvalue weighted by Crippen LogP contribution is -2.50. The summed E-state index contributed by atoms with van der Waals surface area (Å²) in [5.41, 5.74) is 4.46. The van der Waals surface area contributed by atoms with Crippen LogP contribution in [0.4, 0.5) is 0 Å². The van der Waals surface area contributed by atoms with Crippen LogP contribution in [-0.4, -0.2) is 45.7 Å². The highest BCUT2D eigenvalue weighted by Crippen LogP contribution is 2.20. The lowest BCUT2D eigenvalue weighted by molar-refractivity contribution is -0.142. The summed E-state index contributed by atoms with van der Waals surface area (Å²) in [5, 5.41) is 12.4. The Bertz CT molecular complexity index is 416. The number of carboxylic acid groups (broad SMARTS) is 1. The van der Waals surface area contributed by atoms with Gasteiger partial charge in [-0.15, -0.1) is 0 Å². The topological polar surface area (TPSA) is 110 Å². The number of nitrogens with two attached hydrogens (primary N) is 1.